The minimum atomic E-state index is -0.0925. The van der Waals surface area contributed by atoms with Gasteiger partial charge in [-0.3, -0.25) is 0 Å². The van der Waals surface area contributed by atoms with E-state index in [4.69, 9.17) is 0 Å². The first-order valence-corrected chi connectivity index (χ1v) is 8.82. The Balaban J connectivity index is 1.57. The Morgan fingerprint density at radius 2 is 2.25 bits per heavy atom. The molecule has 1 saturated heterocycles. The van der Waals surface area contributed by atoms with Gasteiger partial charge in [-0.05, 0) is 53.4 Å². The number of rotatable bonds is 3. The highest BCUT2D eigenvalue weighted by Gasteiger charge is 2.30. The number of thiophene rings is 1. The van der Waals surface area contributed by atoms with Crippen LogP contribution >= 0.6 is 11.3 Å². The third kappa shape index (κ3) is 2.78. The zero-order chi connectivity index (χ0) is 16.4. The van der Waals surface area contributed by atoms with Crippen molar-refractivity contribution < 1.29 is 4.79 Å². The van der Waals surface area contributed by atoms with E-state index in [0.29, 0.717) is 11.5 Å². The topological polar surface area (TPSA) is 63.1 Å². The van der Waals surface area contributed by atoms with Gasteiger partial charge in [0.2, 0.25) is 0 Å². The number of amides is 2. The monoisotopic (exact) mass is 339 g/mol. The molecule has 1 aliphatic heterocycles. The second kappa shape index (κ2) is 6.45. The first kappa shape index (κ1) is 14.9. The zero-order valence-corrected chi connectivity index (χ0v) is 13.8. The Bertz CT molecular complexity index is 815. The summed E-state index contributed by atoms with van der Waals surface area (Å²) in [7, 11) is 0. The molecule has 6 nitrogen and oxygen atoms in total. The van der Waals surface area contributed by atoms with Crippen LogP contribution in [0.1, 0.15) is 24.4 Å². The van der Waals surface area contributed by atoms with Crippen molar-refractivity contribution in [3.05, 3.63) is 59.2 Å². The van der Waals surface area contributed by atoms with Gasteiger partial charge in [-0.1, -0.05) is 0 Å². The van der Waals surface area contributed by atoms with E-state index in [2.05, 4.69) is 32.2 Å². The molecule has 3 aromatic rings. The van der Waals surface area contributed by atoms with E-state index >= 15 is 0 Å². The van der Waals surface area contributed by atoms with Gasteiger partial charge < -0.3 is 10.2 Å². The Morgan fingerprint density at radius 3 is 3.04 bits per heavy atom. The Morgan fingerprint density at radius 1 is 1.29 bits per heavy atom. The van der Waals surface area contributed by atoms with Crippen LogP contribution in [0.4, 0.5) is 10.5 Å². The van der Waals surface area contributed by atoms with E-state index in [9.17, 15) is 4.79 Å². The average molecular weight is 339 g/mol. The largest absolute Gasteiger partial charge is 0.322 e. The molecule has 0 aromatic carbocycles. The number of carbonyl (C=O) groups is 1. The van der Waals surface area contributed by atoms with Crippen LogP contribution in [0, 0.1) is 0 Å². The number of hydrogen-bond donors (Lipinski definition) is 1. The zero-order valence-electron chi connectivity index (χ0n) is 13.0. The molecule has 4 heterocycles. The highest BCUT2D eigenvalue weighted by atomic mass is 32.1. The molecule has 7 heteroatoms. The second-order valence-electron chi connectivity index (χ2n) is 5.66. The molecule has 1 atom stereocenters. The Labute approximate surface area is 143 Å². The lowest BCUT2D eigenvalue weighted by Crippen LogP contribution is -2.34. The third-order valence-electron chi connectivity index (χ3n) is 4.19. The SMILES string of the molecule is O=C(Nc1cccnc1-n1cccn1)N1CCCC1c1ccsc1. The molecule has 0 radical (unpaired) electrons. The lowest BCUT2D eigenvalue weighted by Gasteiger charge is -2.25. The van der Waals surface area contributed by atoms with Crippen molar-refractivity contribution in [1.29, 1.82) is 0 Å². The van der Waals surface area contributed by atoms with Crippen LogP contribution in [0.15, 0.2) is 53.6 Å². The fourth-order valence-corrected chi connectivity index (χ4v) is 3.79. The molecule has 0 aliphatic carbocycles. The molecule has 122 valence electrons. The summed E-state index contributed by atoms with van der Waals surface area (Å²) in [6, 6.07) is 7.64. The van der Waals surface area contributed by atoms with Gasteiger partial charge in [0.1, 0.15) is 0 Å². The van der Waals surface area contributed by atoms with E-state index < -0.39 is 0 Å². The summed E-state index contributed by atoms with van der Waals surface area (Å²) >= 11 is 1.66. The van der Waals surface area contributed by atoms with Gasteiger partial charge >= 0.3 is 6.03 Å². The maximum atomic E-state index is 12.8. The molecule has 0 spiro atoms. The van der Waals surface area contributed by atoms with Gasteiger partial charge in [-0.2, -0.15) is 16.4 Å². The molecule has 0 saturated carbocycles. The number of aromatic nitrogens is 3. The van der Waals surface area contributed by atoms with E-state index in [-0.39, 0.29) is 12.1 Å². The summed E-state index contributed by atoms with van der Waals surface area (Å²) < 4.78 is 1.65. The van der Waals surface area contributed by atoms with Crippen LogP contribution < -0.4 is 5.32 Å². The quantitative estimate of drug-likeness (QED) is 0.791. The molecule has 0 bridgehead atoms. The number of urea groups is 1. The molecule has 1 unspecified atom stereocenters. The van der Waals surface area contributed by atoms with E-state index in [1.165, 1.54) is 5.56 Å². The number of anilines is 1. The fraction of sp³-hybridized carbons (Fsp3) is 0.235. The van der Waals surface area contributed by atoms with E-state index in [1.807, 2.05) is 29.3 Å². The molecule has 1 N–H and O–H groups in total. The molecule has 24 heavy (non-hydrogen) atoms. The normalized spacial score (nSPS) is 17.2. The minimum Gasteiger partial charge on any atom is -0.317 e. The Hall–Kier alpha value is -2.67. The van der Waals surface area contributed by atoms with Crippen molar-refractivity contribution in [2.24, 2.45) is 0 Å². The van der Waals surface area contributed by atoms with Gasteiger partial charge in [-0.15, -0.1) is 0 Å². The number of carbonyl (C=O) groups excluding carboxylic acids is 1. The molecule has 1 fully saturated rings. The van der Waals surface area contributed by atoms with Crippen molar-refractivity contribution in [3.63, 3.8) is 0 Å². The maximum absolute atomic E-state index is 12.8. The van der Waals surface area contributed by atoms with Crippen LogP contribution in [0.25, 0.3) is 5.82 Å². The number of hydrogen-bond acceptors (Lipinski definition) is 4. The molecule has 3 aromatic heterocycles. The minimum absolute atomic E-state index is 0.0925. The summed E-state index contributed by atoms with van der Waals surface area (Å²) in [6.45, 7) is 0.768. The first-order chi connectivity index (χ1) is 11.8. The van der Waals surface area contributed by atoms with Gasteiger partial charge in [0.05, 0.1) is 11.7 Å². The van der Waals surface area contributed by atoms with Crippen LogP contribution in [-0.4, -0.2) is 32.2 Å². The number of pyridine rings is 1. The van der Waals surface area contributed by atoms with Crippen LogP contribution in [0.3, 0.4) is 0 Å². The van der Waals surface area contributed by atoms with Gasteiger partial charge in [0, 0.05) is 25.1 Å². The van der Waals surface area contributed by atoms with Gasteiger partial charge in [0.15, 0.2) is 5.82 Å². The smallest absolute Gasteiger partial charge is 0.317 e. The van der Waals surface area contributed by atoms with Crippen molar-refractivity contribution in [1.82, 2.24) is 19.7 Å². The van der Waals surface area contributed by atoms with E-state index in [0.717, 1.165) is 19.4 Å². The third-order valence-corrected chi connectivity index (χ3v) is 4.89. The lowest BCUT2D eigenvalue weighted by atomic mass is 10.1. The van der Waals surface area contributed by atoms with E-state index in [1.54, 1.807) is 28.4 Å². The van der Waals surface area contributed by atoms with Crippen molar-refractivity contribution in [3.8, 4) is 5.82 Å². The van der Waals surface area contributed by atoms with Gasteiger partial charge in [0.25, 0.3) is 0 Å². The van der Waals surface area contributed by atoms with Crippen LogP contribution in [0.2, 0.25) is 0 Å². The predicted molar refractivity (Wildman–Crippen MR) is 93.4 cm³/mol. The standard InChI is InChI=1S/C17H17N5OS/c23-17(21-9-2-5-15(21)13-6-11-24-12-13)20-14-4-1-7-18-16(14)22-10-3-8-19-22/h1,3-4,6-8,10-12,15H,2,5,9H2,(H,20,23). The summed E-state index contributed by atoms with van der Waals surface area (Å²) in [5, 5.41) is 11.4. The highest BCUT2D eigenvalue weighted by molar-refractivity contribution is 7.08. The van der Waals surface area contributed by atoms with Crippen molar-refractivity contribution in [2.75, 3.05) is 11.9 Å². The summed E-state index contributed by atoms with van der Waals surface area (Å²) in [5.41, 5.74) is 1.87. The molecule has 1 aliphatic rings. The average Bonchev–Trinajstić information content (AvgIpc) is 3.35. The van der Waals surface area contributed by atoms with Crippen LogP contribution in [-0.2, 0) is 0 Å². The summed E-state index contributed by atoms with van der Waals surface area (Å²) in [4.78, 5) is 19.0. The Kier molecular flexibility index (Phi) is 4.00. The van der Waals surface area contributed by atoms with Gasteiger partial charge in [-0.25, -0.2) is 14.5 Å². The highest BCUT2D eigenvalue weighted by Crippen LogP contribution is 2.33. The number of nitrogens with one attached hydrogen (secondary N) is 1. The second-order valence-corrected chi connectivity index (χ2v) is 6.44. The van der Waals surface area contributed by atoms with Crippen molar-refractivity contribution >= 4 is 23.1 Å². The number of nitrogens with zero attached hydrogens (tertiary/aromatic N) is 4. The lowest BCUT2D eigenvalue weighted by molar-refractivity contribution is 0.207. The summed E-state index contributed by atoms with van der Waals surface area (Å²) in [5.74, 6) is 0.613. The predicted octanol–water partition coefficient (Wildman–Crippen LogP) is 3.70. The summed E-state index contributed by atoms with van der Waals surface area (Å²) in [6.07, 6.45) is 7.21. The molecule has 4 rings (SSSR count). The fourth-order valence-electron chi connectivity index (χ4n) is 3.08. The molecular formula is C17H17N5OS. The van der Waals surface area contributed by atoms with Crippen LogP contribution in [0.5, 0.6) is 0 Å². The molecular weight excluding hydrogens is 322 g/mol. The maximum Gasteiger partial charge on any atom is 0.322 e. The number of likely N-dealkylation sites (tertiary alicyclic amines) is 1. The molecule has 2 amide bonds. The first-order valence-electron chi connectivity index (χ1n) is 7.87. The van der Waals surface area contributed by atoms with Crippen molar-refractivity contribution in [2.45, 2.75) is 18.9 Å².